The molecule has 1 heterocycles. The van der Waals surface area contributed by atoms with Crippen molar-refractivity contribution in [2.24, 2.45) is 5.73 Å². The first-order valence-corrected chi connectivity index (χ1v) is 14.1. The molecule has 0 aliphatic heterocycles. The number of anilines is 1. The van der Waals surface area contributed by atoms with Gasteiger partial charge in [0.15, 0.2) is 0 Å². The Hall–Kier alpha value is -3.93. The average Bonchev–Trinajstić information content (AvgIpc) is 2.92. The molecule has 6 N–H and O–H groups in total. The normalized spacial score (nSPS) is 11.2. The monoisotopic (exact) mass is 565 g/mol. The summed E-state index contributed by atoms with van der Waals surface area (Å²) in [6.45, 7) is 0. The van der Waals surface area contributed by atoms with E-state index in [1.807, 2.05) is 30.7 Å². The van der Waals surface area contributed by atoms with Gasteiger partial charge < -0.3 is 26.9 Å². The number of nitrogens with zero attached hydrogens (tertiary/aromatic N) is 1. The Kier molecular flexibility index (Phi) is 12.9. The molecule has 1 aromatic heterocycles. The van der Waals surface area contributed by atoms with Crippen molar-refractivity contribution >= 4 is 58.8 Å². The van der Waals surface area contributed by atoms with Gasteiger partial charge in [-0.05, 0) is 67.1 Å². The Bertz CT molecular complexity index is 1330. The maximum absolute atomic E-state index is 12.5. The van der Waals surface area contributed by atoms with E-state index < -0.39 is 24.3 Å². The molecule has 1 atom stereocenters. The molecule has 0 aliphatic carbocycles. The average molecular weight is 566 g/mol. The topological polar surface area (TPSA) is 158 Å². The summed E-state index contributed by atoms with van der Waals surface area (Å²) in [5, 5.41) is 22.9. The van der Waals surface area contributed by atoms with Gasteiger partial charge in [-0.3, -0.25) is 19.4 Å². The van der Waals surface area contributed by atoms with Crippen LogP contribution in [0, 0.1) is 5.41 Å². The van der Waals surface area contributed by atoms with Crippen LogP contribution in [0.4, 0.5) is 5.69 Å². The first-order chi connectivity index (χ1) is 18.7. The van der Waals surface area contributed by atoms with Crippen LogP contribution in [0.5, 0.6) is 0 Å². The summed E-state index contributed by atoms with van der Waals surface area (Å²) < 4.78 is 0. The van der Waals surface area contributed by atoms with Gasteiger partial charge in [-0.25, -0.2) is 0 Å². The summed E-state index contributed by atoms with van der Waals surface area (Å²) in [5.41, 5.74) is 7.52. The van der Waals surface area contributed by atoms with Gasteiger partial charge in [0.2, 0.25) is 5.91 Å². The number of pyridine rings is 1. The van der Waals surface area contributed by atoms with Crippen LogP contribution in [0.2, 0.25) is 0 Å². The maximum atomic E-state index is 12.5. The van der Waals surface area contributed by atoms with Crippen LogP contribution in [0.3, 0.4) is 0 Å². The second-order valence-electron chi connectivity index (χ2n) is 7.99. The van der Waals surface area contributed by atoms with Gasteiger partial charge in [0.05, 0.1) is 29.1 Å². The summed E-state index contributed by atoms with van der Waals surface area (Å²) in [7, 11) is 1.55. The Morgan fingerprint density at radius 3 is 2.41 bits per heavy atom. The number of carbonyl (C=O) groups is 3. The minimum absolute atomic E-state index is 0.112. The fraction of sp³-hybridized carbons (Fsp3) is 0.179. The highest BCUT2D eigenvalue weighted by Gasteiger charge is 2.19. The number of nitrogens with two attached hydrogens (primary N) is 1. The molecule has 204 valence electrons. The number of benzene rings is 2. The Balaban J connectivity index is 0.00000170. The molecule has 39 heavy (non-hydrogen) atoms. The summed E-state index contributed by atoms with van der Waals surface area (Å²) in [6, 6.07) is 16.3. The molecular formula is C28H31N5O4S2. The van der Waals surface area contributed by atoms with Crippen molar-refractivity contribution in [2.75, 3.05) is 24.9 Å². The van der Waals surface area contributed by atoms with Gasteiger partial charge in [-0.1, -0.05) is 30.0 Å². The lowest BCUT2D eigenvalue weighted by molar-refractivity contribution is -0.140. The van der Waals surface area contributed by atoms with Crippen molar-refractivity contribution in [3.63, 3.8) is 0 Å². The summed E-state index contributed by atoms with van der Waals surface area (Å²) in [5.74, 6) is -2.11. The largest absolute Gasteiger partial charge is 0.480 e. The van der Waals surface area contributed by atoms with Crippen molar-refractivity contribution < 1.29 is 19.5 Å². The predicted molar refractivity (Wildman–Crippen MR) is 159 cm³/mol. The molecule has 0 radical (unpaired) electrons. The zero-order chi connectivity index (χ0) is 28.8. The van der Waals surface area contributed by atoms with Crippen LogP contribution in [-0.4, -0.2) is 59.2 Å². The quantitative estimate of drug-likeness (QED) is 0.226. The van der Waals surface area contributed by atoms with Crippen LogP contribution in [-0.2, 0) is 9.59 Å². The maximum Gasteiger partial charge on any atom is 0.321 e. The number of amides is 2. The van der Waals surface area contributed by atoms with Crippen molar-refractivity contribution in [2.45, 2.75) is 22.3 Å². The molecule has 0 saturated heterocycles. The van der Waals surface area contributed by atoms with Crippen molar-refractivity contribution in [1.82, 2.24) is 10.3 Å². The van der Waals surface area contributed by atoms with Crippen LogP contribution in [0.25, 0.3) is 6.08 Å². The van der Waals surface area contributed by atoms with E-state index in [9.17, 15) is 14.4 Å². The third-order valence-corrected chi connectivity index (χ3v) is 6.04. The minimum atomic E-state index is -1.35. The third kappa shape index (κ3) is 10.0. The molecular weight excluding hydrogens is 534 g/mol. The Morgan fingerprint density at radius 1 is 1.08 bits per heavy atom. The number of thioether (sulfide) groups is 1. The molecule has 0 fully saturated rings. The number of hydrogen-bond acceptors (Lipinski definition) is 8. The molecule has 1 unspecified atom stereocenters. The van der Waals surface area contributed by atoms with E-state index in [1.165, 1.54) is 11.8 Å². The number of carbonyl (C=O) groups excluding carboxylic acids is 2. The lowest BCUT2D eigenvalue weighted by Crippen LogP contribution is -2.34. The molecule has 3 rings (SSSR count). The molecule has 11 heteroatoms. The first kappa shape index (κ1) is 31.3. The third-order valence-electron chi connectivity index (χ3n) is 4.97. The van der Waals surface area contributed by atoms with Crippen molar-refractivity contribution in [3.8, 4) is 0 Å². The number of aliphatic carboxylic acids is 1. The van der Waals surface area contributed by atoms with Gasteiger partial charge in [0.25, 0.3) is 5.91 Å². The number of carboxylic acid groups (broad SMARTS) is 1. The summed E-state index contributed by atoms with van der Waals surface area (Å²) in [4.78, 5) is 41.4. The lowest BCUT2D eigenvalue weighted by atomic mass is 10.1. The minimum Gasteiger partial charge on any atom is -0.480 e. The second-order valence-corrected chi connectivity index (χ2v) is 9.92. The van der Waals surface area contributed by atoms with E-state index in [2.05, 4.69) is 15.6 Å². The molecule has 0 bridgehead atoms. The smallest absolute Gasteiger partial charge is 0.321 e. The van der Waals surface area contributed by atoms with E-state index in [0.717, 1.165) is 0 Å². The van der Waals surface area contributed by atoms with Crippen molar-refractivity contribution in [3.05, 3.63) is 89.8 Å². The Morgan fingerprint density at radius 2 is 1.77 bits per heavy atom. The van der Waals surface area contributed by atoms with E-state index in [4.69, 9.17) is 16.2 Å². The van der Waals surface area contributed by atoms with E-state index >= 15 is 0 Å². The number of aromatic nitrogens is 1. The highest BCUT2D eigenvalue weighted by atomic mass is 32.2. The van der Waals surface area contributed by atoms with Crippen LogP contribution < -0.4 is 16.4 Å². The van der Waals surface area contributed by atoms with Crippen molar-refractivity contribution in [1.29, 1.82) is 5.41 Å². The number of rotatable bonds is 10. The molecule has 2 aromatic carbocycles. The van der Waals surface area contributed by atoms with Crippen LogP contribution in [0.1, 0.15) is 28.0 Å². The van der Waals surface area contributed by atoms with Gasteiger partial charge in [-0.2, -0.15) is 11.8 Å². The zero-order valence-electron chi connectivity index (χ0n) is 21.8. The number of hydrogen-bond donors (Lipinski definition) is 5. The fourth-order valence-corrected chi connectivity index (χ4v) is 4.14. The molecule has 0 saturated carbocycles. The van der Waals surface area contributed by atoms with E-state index in [0.29, 0.717) is 32.3 Å². The van der Waals surface area contributed by atoms with E-state index in [-0.39, 0.29) is 11.6 Å². The standard InChI is InChI=1S/C26H25N5O4S.C2H6S/c1-29-25(33)19-7-2-3-8-23(19)36-17-10-11-18(20(27)12-9-16-6-4-5-13-30-16)22(14-17)31-24(32)15-21(28)26(34)35;1-3-2/h2-14,21,27H,15,28H2,1H3,(H,29,33)(H,31,32)(H,34,35);1-2H3/b12-9+,27-20?;. The molecule has 0 aliphatic rings. The number of carboxylic acids is 1. The van der Waals surface area contributed by atoms with Gasteiger partial charge >= 0.3 is 5.97 Å². The number of nitrogens with one attached hydrogen (secondary N) is 3. The van der Waals surface area contributed by atoms with Gasteiger partial charge in [0.1, 0.15) is 6.04 Å². The molecule has 0 spiro atoms. The second kappa shape index (κ2) is 16.1. The number of allylic oxidation sites excluding steroid dienone is 1. The molecule has 9 nitrogen and oxygen atoms in total. The predicted octanol–water partition coefficient (Wildman–Crippen LogP) is 4.39. The molecule has 2 amide bonds. The van der Waals surface area contributed by atoms with Gasteiger partial charge in [0, 0.05) is 28.6 Å². The first-order valence-electron chi connectivity index (χ1n) is 11.7. The lowest BCUT2D eigenvalue weighted by Gasteiger charge is -2.14. The van der Waals surface area contributed by atoms with Gasteiger partial charge in [-0.15, -0.1) is 0 Å². The Labute approximate surface area is 236 Å². The van der Waals surface area contributed by atoms with Crippen LogP contribution in [0.15, 0.2) is 82.7 Å². The highest BCUT2D eigenvalue weighted by molar-refractivity contribution is 7.99. The summed E-state index contributed by atoms with van der Waals surface area (Å²) in [6.07, 6.45) is 8.53. The summed E-state index contributed by atoms with van der Waals surface area (Å²) >= 11 is 3.07. The SMILES string of the molecule is CNC(=O)c1ccccc1Sc1ccc(C(=N)/C=C/c2ccccn2)c(NC(=O)CC(N)C(=O)O)c1.CSC. The van der Waals surface area contributed by atoms with E-state index in [1.54, 1.807) is 79.6 Å². The zero-order valence-corrected chi connectivity index (χ0v) is 23.4. The molecule has 3 aromatic rings. The van der Waals surface area contributed by atoms with Crippen LogP contribution >= 0.6 is 23.5 Å². The fourth-order valence-electron chi connectivity index (χ4n) is 3.15. The highest BCUT2D eigenvalue weighted by Crippen LogP contribution is 2.33.